The number of hydrogen-bond donors (Lipinski definition) is 3. The molecule has 0 bridgehead atoms. The first kappa shape index (κ1) is 65.7. The molecule has 0 aliphatic carbocycles. The number of unbranched alkanes of at least 4 members (excludes halogenated alkanes) is 26. The van der Waals surface area contributed by atoms with Crippen LogP contribution in [0.25, 0.3) is 0 Å². The highest BCUT2D eigenvalue weighted by Gasteiger charge is 2.50. The molecule has 6 atom stereocenters. The smallest absolute Gasteiger partial charge is 0.335 e. The van der Waals surface area contributed by atoms with Crippen LogP contribution >= 0.6 is 0 Å². The number of aliphatic hydroxyl groups excluding tert-OH is 2. The van der Waals surface area contributed by atoms with Crippen molar-refractivity contribution in [2.45, 2.75) is 289 Å². The van der Waals surface area contributed by atoms with Gasteiger partial charge in [-0.25, -0.2) is 4.79 Å². The van der Waals surface area contributed by atoms with E-state index < -0.39 is 67.3 Å². The van der Waals surface area contributed by atoms with Gasteiger partial charge in [-0.2, -0.15) is 0 Å². The average molecular weight is 1000 g/mol. The van der Waals surface area contributed by atoms with Crippen molar-refractivity contribution in [2.75, 3.05) is 13.2 Å². The highest BCUT2D eigenvalue weighted by Crippen LogP contribution is 2.26. The molecule has 12 nitrogen and oxygen atoms in total. The van der Waals surface area contributed by atoms with Gasteiger partial charge in [0.2, 0.25) is 0 Å². The Kier molecular flexibility index (Phi) is 44.1. The third-order valence-electron chi connectivity index (χ3n) is 12.9. The van der Waals surface area contributed by atoms with Crippen molar-refractivity contribution in [3.05, 3.63) is 48.6 Å². The lowest BCUT2D eigenvalue weighted by atomic mass is 9.98. The second-order valence-electron chi connectivity index (χ2n) is 19.5. The van der Waals surface area contributed by atoms with Crippen molar-refractivity contribution in [3.63, 3.8) is 0 Å². The number of hydrogen-bond acceptors (Lipinski definition) is 11. The summed E-state index contributed by atoms with van der Waals surface area (Å²) in [7, 11) is 0. The van der Waals surface area contributed by atoms with Crippen LogP contribution in [0.5, 0.6) is 0 Å². The molecule has 0 amide bonds. The molecule has 1 heterocycles. The van der Waals surface area contributed by atoms with Gasteiger partial charge >= 0.3 is 23.9 Å². The molecule has 71 heavy (non-hydrogen) atoms. The zero-order valence-electron chi connectivity index (χ0n) is 45.0. The fourth-order valence-electron chi connectivity index (χ4n) is 8.49. The van der Waals surface area contributed by atoms with E-state index in [2.05, 4.69) is 69.4 Å². The SMILES string of the molecule is CC/C=C\C/C=C\C/C=C\CCCCCCCCCC(=O)OCC(COC1OC(C(=O)O)C(O)C(O)C1OC(=O)CCCCCCC/C=C\CCCCCC)OC(=O)CCCCCCCCCCCCC. The quantitative estimate of drug-likeness (QED) is 0.0228. The second-order valence-corrected chi connectivity index (χ2v) is 19.5. The first-order chi connectivity index (χ1) is 34.6. The number of ether oxygens (including phenoxy) is 5. The van der Waals surface area contributed by atoms with E-state index in [0.29, 0.717) is 19.3 Å². The van der Waals surface area contributed by atoms with E-state index in [0.717, 1.165) is 109 Å². The van der Waals surface area contributed by atoms with Gasteiger partial charge in [-0.15, -0.1) is 0 Å². The van der Waals surface area contributed by atoms with E-state index in [9.17, 15) is 34.5 Å². The second kappa shape index (κ2) is 47.7. The van der Waals surface area contributed by atoms with Crippen molar-refractivity contribution >= 4 is 23.9 Å². The summed E-state index contributed by atoms with van der Waals surface area (Å²) in [5, 5.41) is 31.4. The van der Waals surface area contributed by atoms with Crippen molar-refractivity contribution < 1.29 is 58.2 Å². The Hall–Kier alpha value is -3.32. The van der Waals surface area contributed by atoms with Crippen LogP contribution in [0.2, 0.25) is 0 Å². The topological polar surface area (TPSA) is 175 Å². The maximum Gasteiger partial charge on any atom is 0.335 e. The molecule has 0 aromatic heterocycles. The van der Waals surface area contributed by atoms with Crippen LogP contribution in [-0.4, -0.2) is 89.2 Å². The Labute approximate surface area is 431 Å². The minimum absolute atomic E-state index is 0.0511. The number of carboxylic acid groups (broad SMARTS) is 1. The highest BCUT2D eigenvalue weighted by molar-refractivity contribution is 5.74. The third kappa shape index (κ3) is 38.0. The molecule has 0 aromatic rings. The van der Waals surface area contributed by atoms with Crippen molar-refractivity contribution in [3.8, 4) is 0 Å². The number of carbonyl (C=O) groups is 4. The van der Waals surface area contributed by atoms with E-state index in [4.69, 9.17) is 23.7 Å². The van der Waals surface area contributed by atoms with E-state index in [-0.39, 0.29) is 25.9 Å². The molecule has 0 aromatic carbocycles. The zero-order chi connectivity index (χ0) is 51.8. The minimum atomic E-state index is -1.90. The Morgan fingerprint density at radius 2 is 0.887 bits per heavy atom. The van der Waals surface area contributed by atoms with Gasteiger partial charge in [-0.3, -0.25) is 14.4 Å². The molecule has 1 rings (SSSR count). The molecule has 6 unspecified atom stereocenters. The standard InChI is InChI=1S/C59H102O12/c1-4-7-10-13-16-19-22-24-25-26-27-29-31-33-36-39-42-45-51(60)67-48-50(69-52(61)46-43-40-37-34-30-21-18-15-12-9-6-3)49-68-59-57(55(64)54(63)56(71-59)58(65)66)70-53(62)47-44-41-38-35-32-28-23-20-17-14-11-8-5-2/h7,10,16,19-20,23-25,50,54-57,59,63-64H,4-6,8-9,11-15,17-18,21-22,26-49H2,1-3H3,(H,65,66)/b10-7-,19-16-,23-20-,25-24-. The fraction of sp³-hybridized carbons (Fsp3) is 0.797. The number of aliphatic hydroxyl groups is 2. The molecular weight excluding hydrogens is 901 g/mol. The first-order valence-corrected chi connectivity index (χ1v) is 28.6. The van der Waals surface area contributed by atoms with Crippen LogP contribution in [0.4, 0.5) is 0 Å². The lowest BCUT2D eigenvalue weighted by Crippen LogP contribution is -2.61. The van der Waals surface area contributed by atoms with Gasteiger partial charge in [0.1, 0.15) is 18.8 Å². The molecule has 12 heteroatoms. The average Bonchev–Trinajstić information content (AvgIpc) is 3.35. The van der Waals surface area contributed by atoms with Gasteiger partial charge in [0.15, 0.2) is 24.6 Å². The number of esters is 3. The Bertz CT molecular complexity index is 1420. The summed E-state index contributed by atoms with van der Waals surface area (Å²) in [5.41, 5.74) is 0. The number of aliphatic carboxylic acids is 1. The Morgan fingerprint density at radius 3 is 1.38 bits per heavy atom. The molecule has 1 fully saturated rings. The highest BCUT2D eigenvalue weighted by atomic mass is 16.7. The van der Waals surface area contributed by atoms with Crippen molar-refractivity contribution in [1.29, 1.82) is 0 Å². The van der Waals surface area contributed by atoms with Gasteiger partial charge < -0.3 is 39.0 Å². The summed E-state index contributed by atoms with van der Waals surface area (Å²) in [5.74, 6) is -3.13. The van der Waals surface area contributed by atoms with Crippen LogP contribution in [0.1, 0.15) is 252 Å². The fourth-order valence-corrected chi connectivity index (χ4v) is 8.49. The summed E-state index contributed by atoms with van der Waals surface area (Å²) in [4.78, 5) is 51.0. The molecular formula is C59H102O12. The van der Waals surface area contributed by atoms with E-state index in [1.54, 1.807) is 0 Å². The number of carboxylic acids is 1. The summed E-state index contributed by atoms with van der Waals surface area (Å²) in [6.07, 6.45) is 43.7. The van der Waals surface area contributed by atoms with Crippen LogP contribution in [-0.2, 0) is 42.9 Å². The predicted octanol–water partition coefficient (Wildman–Crippen LogP) is 14.2. The van der Waals surface area contributed by atoms with E-state index >= 15 is 0 Å². The minimum Gasteiger partial charge on any atom is -0.479 e. The molecule has 3 N–H and O–H groups in total. The predicted molar refractivity (Wildman–Crippen MR) is 285 cm³/mol. The van der Waals surface area contributed by atoms with E-state index in [1.165, 1.54) is 83.5 Å². The Morgan fingerprint density at radius 1 is 0.479 bits per heavy atom. The molecule has 1 saturated heterocycles. The Balaban J connectivity index is 2.69. The van der Waals surface area contributed by atoms with Crippen molar-refractivity contribution in [2.24, 2.45) is 0 Å². The lowest BCUT2D eigenvalue weighted by Gasteiger charge is -2.40. The van der Waals surface area contributed by atoms with Gasteiger partial charge in [-0.05, 0) is 77.0 Å². The summed E-state index contributed by atoms with van der Waals surface area (Å²) in [6.45, 7) is 5.84. The van der Waals surface area contributed by atoms with Crippen LogP contribution < -0.4 is 0 Å². The first-order valence-electron chi connectivity index (χ1n) is 28.6. The maximum absolute atomic E-state index is 13.1. The molecule has 0 saturated carbocycles. The monoisotopic (exact) mass is 1000 g/mol. The summed E-state index contributed by atoms with van der Waals surface area (Å²) in [6, 6.07) is 0. The van der Waals surface area contributed by atoms with Gasteiger partial charge in [0.25, 0.3) is 0 Å². The molecule has 0 radical (unpaired) electrons. The molecule has 0 spiro atoms. The zero-order valence-corrected chi connectivity index (χ0v) is 45.0. The lowest BCUT2D eigenvalue weighted by molar-refractivity contribution is -0.301. The number of rotatable bonds is 48. The van der Waals surface area contributed by atoms with Crippen LogP contribution in [0.15, 0.2) is 48.6 Å². The summed E-state index contributed by atoms with van der Waals surface area (Å²) >= 11 is 0. The molecule has 1 aliphatic rings. The third-order valence-corrected chi connectivity index (χ3v) is 12.9. The van der Waals surface area contributed by atoms with Crippen LogP contribution in [0.3, 0.4) is 0 Å². The van der Waals surface area contributed by atoms with Gasteiger partial charge in [-0.1, -0.05) is 204 Å². The molecule has 1 aliphatic heterocycles. The van der Waals surface area contributed by atoms with Crippen LogP contribution in [0, 0.1) is 0 Å². The summed E-state index contributed by atoms with van der Waals surface area (Å²) < 4.78 is 28.4. The molecule has 410 valence electrons. The van der Waals surface area contributed by atoms with Crippen molar-refractivity contribution in [1.82, 2.24) is 0 Å². The largest absolute Gasteiger partial charge is 0.479 e. The van der Waals surface area contributed by atoms with Gasteiger partial charge in [0.05, 0.1) is 6.61 Å². The van der Waals surface area contributed by atoms with E-state index in [1.807, 2.05) is 0 Å². The normalized spacial score (nSPS) is 18.8. The number of allylic oxidation sites excluding steroid dienone is 8. The number of carbonyl (C=O) groups excluding carboxylic acids is 3. The van der Waals surface area contributed by atoms with Gasteiger partial charge in [0, 0.05) is 19.3 Å². The maximum atomic E-state index is 13.1.